The lowest BCUT2D eigenvalue weighted by atomic mass is 9.97. The number of amides is 1. The van der Waals surface area contributed by atoms with Crippen LogP contribution in [-0.4, -0.2) is 40.5 Å². The third-order valence-electron chi connectivity index (χ3n) is 5.14. The maximum absolute atomic E-state index is 13.1. The van der Waals surface area contributed by atoms with E-state index in [-0.39, 0.29) is 29.8 Å². The summed E-state index contributed by atoms with van der Waals surface area (Å²) < 4.78 is 35.8. The predicted molar refractivity (Wildman–Crippen MR) is 117 cm³/mol. The van der Waals surface area contributed by atoms with E-state index in [0.717, 1.165) is 17.3 Å². The number of piperidine rings is 1. The lowest BCUT2D eigenvalue weighted by Crippen LogP contribution is -2.42. The van der Waals surface area contributed by atoms with Crippen LogP contribution in [0.25, 0.3) is 11.0 Å². The summed E-state index contributed by atoms with van der Waals surface area (Å²) in [5, 5.41) is 3.80. The molecule has 7 nitrogen and oxygen atoms in total. The summed E-state index contributed by atoms with van der Waals surface area (Å²) in [4.78, 5) is 12.7. The van der Waals surface area contributed by atoms with E-state index in [1.54, 1.807) is 36.4 Å². The first-order valence-corrected chi connectivity index (χ1v) is 12.2. The van der Waals surface area contributed by atoms with Crippen LogP contribution in [0, 0.1) is 5.92 Å². The number of nitrogens with one attached hydrogen (secondary N) is 1. The quantitative estimate of drug-likeness (QED) is 0.595. The Kier molecular flexibility index (Phi) is 6.26. The van der Waals surface area contributed by atoms with E-state index >= 15 is 0 Å². The van der Waals surface area contributed by atoms with Gasteiger partial charge >= 0.3 is 0 Å². The molecule has 4 rings (SSSR count). The van der Waals surface area contributed by atoms with Gasteiger partial charge in [-0.25, -0.2) is 8.42 Å². The van der Waals surface area contributed by atoms with E-state index in [9.17, 15) is 13.2 Å². The van der Waals surface area contributed by atoms with Crippen LogP contribution in [-0.2, 0) is 21.4 Å². The molecule has 2 aromatic carbocycles. The number of fused-ring (bicyclic) bond motifs is 1. The number of nitrogens with zero attached hydrogens (tertiary/aromatic N) is 3. The highest BCUT2D eigenvalue weighted by Gasteiger charge is 2.33. The van der Waals surface area contributed by atoms with Crippen LogP contribution in [0.1, 0.15) is 18.4 Å². The van der Waals surface area contributed by atoms with Crippen molar-refractivity contribution in [2.24, 2.45) is 5.92 Å². The molecule has 30 heavy (non-hydrogen) atoms. The van der Waals surface area contributed by atoms with E-state index in [1.807, 2.05) is 0 Å². The largest absolute Gasteiger partial charge is 0.352 e. The number of benzene rings is 2. The van der Waals surface area contributed by atoms with Gasteiger partial charge < -0.3 is 5.32 Å². The van der Waals surface area contributed by atoms with Gasteiger partial charge in [-0.1, -0.05) is 35.3 Å². The van der Waals surface area contributed by atoms with Crippen molar-refractivity contribution in [2.75, 3.05) is 13.1 Å². The molecule has 1 fully saturated rings. The summed E-state index contributed by atoms with van der Waals surface area (Å²) in [5.41, 5.74) is 1.81. The van der Waals surface area contributed by atoms with Gasteiger partial charge in [0.15, 0.2) is 0 Å². The Bertz CT molecular complexity index is 1190. The Balaban J connectivity index is 1.37. The molecule has 0 spiro atoms. The highest BCUT2D eigenvalue weighted by Crippen LogP contribution is 2.28. The minimum atomic E-state index is -3.69. The topological polar surface area (TPSA) is 92.3 Å². The van der Waals surface area contributed by atoms with Crippen molar-refractivity contribution >= 4 is 61.9 Å². The first-order valence-electron chi connectivity index (χ1n) is 9.29. The molecule has 0 atom stereocenters. The van der Waals surface area contributed by atoms with Crippen LogP contribution < -0.4 is 5.32 Å². The number of halogens is 2. The van der Waals surface area contributed by atoms with E-state index in [1.165, 1.54) is 4.31 Å². The molecule has 1 N–H and O–H groups in total. The second-order valence-corrected chi connectivity index (χ2v) is 10.3. The number of hydrogen-bond donors (Lipinski definition) is 1. The highest BCUT2D eigenvalue weighted by molar-refractivity contribution is 7.89. The Morgan fingerprint density at radius 2 is 1.90 bits per heavy atom. The molecule has 2 heterocycles. The monoisotopic (exact) mass is 484 g/mol. The summed E-state index contributed by atoms with van der Waals surface area (Å²) >= 11 is 12.9. The predicted octanol–water partition coefficient (Wildman–Crippen LogP) is 3.72. The maximum atomic E-state index is 13.1. The zero-order valence-corrected chi connectivity index (χ0v) is 18.9. The molecule has 158 valence electrons. The molecule has 0 saturated carbocycles. The van der Waals surface area contributed by atoms with Crippen LogP contribution in [0.4, 0.5) is 0 Å². The Hall–Kier alpha value is -1.78. The summed E-state index contributed by atoms with van der Waals surface area (Å²) in [6.45, 7) is 0.898. The van der Waals surface area contributed by atoms with Crippen LogP contribution in [0.3, 0.4) is 0 Å². The van der Waals surface area contributed by atoms with Crippen LogP contribution in [0.2, 0.25) is 10.0 Å². The van der Waals surface area contributed by atoms with Gasteiger partial charge in [0.05, 0.1) is 21.8 Å². The number of sulfonamides is 1. The second kappa shape index (κ2) is 8.76. The van der Waals surface area contributed by atoms with Gasteiger partial charge in [0, 0.05) is 25.6 Å². The molecular weight excluding hydrogens is 467 g/mol. The molecule has 1 amide bonds. The van der Waals surface area contributed by atoms with Crippen LogP contribution >= 0.6 is 34.9 Å². The number of carbonyl (C=O) groups excluding carboxylic acids is 1. The molecule has 3 aromatic rings. The van der Waals surface area contributed by atoms with E-state index in [0.29, 0.717) is 40.5 Å². The SMILES string of the molecule is O=C(NCc1ccc(Cl)c(Cl)c1)C1CCN(S(=O)(=O)c2cccc3nsnc23)CC1. The van der Waals surface area contributed by atoms with Crippen molar-refractivity contribution in [1.29, 1.82) is 0 Å². The minimum Gasteiger partial charge on any atom is -0.352 e. The molecule has 1 saturated heterocycles. The van der Waals surface area contributed by atoms with Gasteiger partial charge in [0.25, 0.3) is 0 Å². The third kappa shape index (κ3) is 4.31. The Labute approximate surface area is 188 Å². The van der Waals surface area contributed by atoms with Gasteiger partial charge in [-0.15, -0.1) is 0 Å². The number of carbonyl (C=O) groups is 1. The van der Waals surface area contributed by atoms with Crippen molar-refractivity contribution in [1.82, 2.24) is 18.4 Å². The van der Waals surface area contributed by atoms with Gasteiger partial charge in [0.1, 0.15) is 15.9 Å². The van der Waals surface area contributed by atoms with Gasteiger partial charge in [-0.05, 0) is 42.7 Å². The smallest absolute Gasteiger partial charge is 0.245 e. The summed E-state index contributed by atoms with van der Waals surface area (Å²) in [7, 11) is -3.69. The average molecular weight is 485 g/mol. The van der Waals surface area contributed by atoms with Crippen molar-refractivity contribution in [3.8, 4) is 0 Å². The first-order chi connectivity index (χ1) is 14.4. The Morgan fingerprint density at radius 1 is 1.13 bits per heavy atom. The lowest BCUT2D eigenvalue weighted by Gasteiger charge is -2.30. The molecule has 0 unspecified atom stereocenters. The standard InChI is InChI=1S/C19H18Cl2N4O3S2/c20-14-5-4-12(10-15(14)21)11-22-19(26)13-6-8-25(9-7-13)30(27,28)17-3-1-2-16-18(17)24-29-23-16/h1-5,10,13H,6-9,11H2,(H,22,26). The molecule has 0 radical (unpaired) electrons. The number of rotatable bonds is 5. The van der Waals surface area contributed by atoms with Gasteiger partial charge in [-0.2, -0.15) is 13.1 Å². The van der Waals surface area contributed by atoms with Crippen molar-refractivity contribution < 1.29 is 13.2 Å². The zero-order chi connectivity index (χ0) is 21.3. The summed E-state index contributed by atoms with van der Waals surface area (Å²) in [6, 6.07) is 10.2. The van der Waals surface area contributed by atoms with Crippen molar-refractivity contribution in [3.05, 3.63) is 52.0 Å². The molecule has 11 heteroatoms. The molecular formula is C19H18Cl2N4O3S2. The Morgan fingerprint density at radius 3 is 2.63 bits per heavy atom. The minimum absolute atomic E-state index is 0.0936. The molecule has 1 aliphatic heterocycles. The molecule has 1 aromatic heterocycles. The number of hydrogen-bond acceptors (Lipinski definition) is 6. The van der Waals surface area contributed by atoms with Crippen molar-refractivity contribution in [3.63, 3.8) is 0 Å². The highest BCUT2D eigenvalue weighted by atomic mass is 35.5. The summed E-state index contributed by atoms with van der Waals surface area (Å²) in [6.07, 6.45) is 0.912. The van der Waals surface area contributed by atoms with E-state index < -0.39 is 10.0 Å². The zero-order valence-electron chi connectivity index (χ0n) is 15.7. The third-order valence-corrected chi connectivity index (χ3v) is 8.35. The van der Waals surface area contributed by atoms with Crippen LogP contribution in [0.5, 0.6) is 0 Å². The van der Waals surface area contributed by atoms with Crippen LogP contribution in [0.15, 0.2) is 41.3 Å². The normalized spacial score (nSPS) is 16.1. The van der Waals surface area contributed by atoms with E-state index in [2.05, 4.69) is 14.1 Å². The second-order valence-electron chi connectivity index (χ2n) is 7.03. The molecule has 0 aliphatic carbocycles. The van der Waals surface area contributed by atoms with Gasteiger partial charge in [-0.3, -0.25) is 4.79 Å². The van der Waals surface area contributed by atoms with Crippen molar-refractivity contribution in [2.45, 2.75) is 24.3 Å². The average Bonchev–Trinajstić information content (AvgIpc) is 3.23. The lowest BCUT2D eigenvalue weighted by molar-refractivity contribution is -0.126. The molecule has 0 bridgehead atoms. The fraction of sp³-hybridized carbons (Fsp3) is 0.316. The fourth-order valence-corrected chi connectivity index (χ4v) is 6.01. The maximum Gasteiger partial charge on any atom is 0.245 e. The summed E-state index contributed by atoms with van der Waals surface area (Å²) in [5.74, 6) is -0.333. The van der Waals surface area contributed by atoms with Gasteiger partial charge in [0.2, 0.25) is 15.9 Å². The first kappa shape index (κ1) is 21.5. The van der Waals surface area contributed by atoms with E-state index in [4.69, 9.17) is 23.2 Å². The number of aromatic nitrogens is 2. The molecule has 1 aliphatic rings. The fourth-order valence-electron chi connectivity index (χ4n) is 3.47.